The summed E-state index contributed by atoms with van der Waals surface area (Å²) >= 11 is 0. The highest BCUT2D eigenvalue weighted by atomic mass is 33.2. The molecule has 2 rings (SSSR count). The molecule has 2 aliphatic heterocycles. The minimum Gasteiger partial charge on any atom is -0.388 e. The van der Waals surface area contributed by atoms with Crippen LogP contribution in [0.4, 0.5) is 0 Å². The van der Waals surface area contributed by atoms with E-state index in [9.17, 15) is 23.7 Å². The van der Waals surface area contributed by atoms with Crippen molar-refractivity contribution in [1.29, 1.82) is 0 Å². The summed E-state index contributed by atoms with van der Waals surface area (Å²) in [6.07, 6.45) is -3.42. The van der Waals surface area contributed by atoms with Gasteiger partial charge in [-0.1, -0.05) is 0 Å². The van der Waals surface area contributed by atoms with Crippen molar-refractivity contribution in [2.24, 2.45) is 0 Å². The average molecular weight is 260 g/mol. The van der Waals surface area contributed by atoms with Crippen LogP contribution >= 0.6 is 10.8 Å². The molecule has 0 radical (unpaired) electrons. The molecule has 88 valence electrons. The second kappa shape index (κ2) is 3.05. The van der Waals surface area contributed by atoms with E-state index in [-0.39, 0.29) is 10.8 Å². The molecule has 0 amide bonds. The van der Waals surface area contributed by atoms with Gasteiger partial charge in [-0.15, -0.1) is 0 Å². The maximum absolute atomic E-state index is 11.0. The molecule has 0 saturated carbocycles. The van der Waals surface area contributed by atoms with Gasteiger partial charge in [-0.3, -0.25) is 0 Å². The Labute approximate surface area is 87.9 Å². The predicted molar refractivity (Wildman–Crippen MR) is 45.5 cm³/mol. The quantitative estimate of drug-likeness (QED) is 0.338. The summed E-state index contributed by atoms with van der Waals surface area (Å²) in [6, 6.07) is 0. The van der Waals surface area contributed by atoms with E-state index in [1.807, 2.05) is 0 Å². The molecule has 4 N–H and O–H groups in total. The third-order valence-electron chi connectivity index (χ3n) is 2.11. The summed E-state index contributed by atoms with van der Waals surface area (Å²) in [7, 11) is -4.50. The molecule has 0 spiro atoms. The molecule has 2 fully saturated rings. The molecule has 0 aromatic rings. The molecule has 8 nitrogen and oxygen atoms in total. The van der Waals surface area contributed by atoms with Crippen molar-refractivity contribution in [3.63, 3.8) is 0 Å². The summed E-state index contributed by atoms with van der Waals surface area (Å²) in [5.41, 5.74) is 0. The maximum atomic E-state index is 11.0. The first-order valence-corrected chi connectivity index (χ1v) is 6.55. The Bertz CT molecular complexity index is 380. The Hall–Kier alpha value is 0.0600. The van der Waals surface area contributed by atoms with Gasteiger partial charge in [0, 0.05) is 10.8 Å². The summed E-state index contributed by atoms with van der Waals surface area (Å²) < 4.78 is 30.6. The second-order valence-electron chi connectivity index (χ2n) is 3.18. The maximum Gasteiger partial charge on any atom is 0.340 e. The van der Waals surface area contributed by atoms with E-state index in [1.165, 1.54) is 0 Å². The molecular formula is C5H8O8S2. The van der Waals surface area contributed by atoms with Crippen molar-refractivity contribution in [3.05, 3.63) is 0 Å². The minimum atomic E-state index is -4.28. The smallest absolute Gasteiger partial charge is 0.340 e. The Morgan fingerprint density at radius 1 is 1.33 bits per heavy atom. The van der Waals surface area contributed by atoms with Crippen LogP contribution in [0.3, 0.4) is 0 Å². The summed E-state index contributed by atoms with van der Waals surface area (Å²) in [5, 5.41) is 37.8. The fourth-order valence-corrected chi connectivity index (χ4v) is 4.57. The fraction of sp³-hybridized carbons (Fsp3) is 1.00. The van der Waals surface area contributed by atoms with Crippen LogP contribution in [-0.2, 0) is 18.1 Å². The van der Waals surface area contributed by atoms with Crippen LogP contribution in [-0.4, -0.2) is 58.6 Å². The molecule has 2 aliphatic rings. The van der Waals surface area contributed by atoms with Crippen molar-refractivity contribution in [3.8, 4) is 0 Å². The van der Waals surface area contributed by atoms with Crippen molar-refractivity contribution >= 4 is 19.9 Å². The van der Waals surface area contributed by atoms with E-state index in [0.29, 0.717) is 0 Å². The number of hydrogen-bond acceptors (Lipinski definition) is 9. The van der Waals surface area contributed by atoms with Crippen LogP contribution in [0.1, 0.15) is 0 Å². The summed E-state index contributed by atoms with van der Waals surface area (Å²) in [5.74, 6) is -2.87. The molecule has 2 heterocycles. The molecule has 0 aliphatic carbocycles. The van der Waals surface area contributed by atoms with E-state index in [0.717, 1.165) is 0 Å². The number of aliphatic hydroxyl groups is 4. The van der Waals surface area contributed by atoms with E-state index in [4.69, 9.17) is 5.11 Å². The lowest BCUT2D eigenvalue weighted by Crippen LogP contribution is -2.66. The van der Waals surface area contributed by atoms with E-state index < -0.39 is 38.9 Å². The standard InChI is InChI=1S/C5H8O8S2/c6-2-1-12-5(9)4(8,3(2)7)14-15(10,11)13-5/h2-3,6-9H,1H2/t2-,3+,4-,5?/m1/s1. The minimum absolute atomic E-state index is 0.215. The van der Waals surface area contributed by atoms with Crippen molar-refractivity contribution in [1.82, 2.24) is 0 Å². The SMILES string of the molecule is O=S1(=O)OC2(O)OC[C@@H](O)[C@H](O)[C@@]2(O)S1. The topological polar surface area (TPSA) is 134 Å². The van der Waals surface area contributed by atoms with E-state index in [1.54, 1.807) is 0 Å². The lowest BCUT2D eigenvalue weighted by molar-refractivity contribution is -0.407. The molecular weight excluding hydrogens is 252 g/mol. The van der Waals surface area contributed by atoms with E-state index in [2.05, 4.69) is 8.92 Å². The first-order chi connectivity index (χ1) is 6.70. The summed E-state index contributed by atoms with van der Waals surface area (Å²) in [4.78, 5) is -2.66. The summed E-state index contributed by atoms with van der Waals surface area (Å²) in [6.45, 7) is -0.559. The third-order valence-corrected chi connectivity index (χ3v) is 5.08. The first kappa shape index (κ1) is 11.5. The Morgan fingerprint density at radius 2 is 1.93 bits per heavy atom. The monoisotopic (exact) mass is 260 g/mol. The molecule has 4 atom stereocenters. The van der Waals surface area contributed by atoms with Gasteiger partial charge in [0.25, 0.3) is 0 Å². The van der Waals surface area contributed by atoms with Crippen LogP contribution in [0.5, 0.6) is 0 Å². The number of rotatable bonds is 0. The van der Waals surface area contributed by atoms with Gasteiger partial charge in [-0.25, -0.2) is 0 Å². The highest BCUT2D eigenvalue weighted by Gasteiger charge is 2.72. The van der Waals surface area contributed by atoms with Crippen LogP contribution in [0.25, 0.3) is 0 Å². The zero-order valence-electron chi connectivity index (χ0n) is 7.10. The van der Waals surface area contributed by atoms with Crippen LogP contribution in [0, 0.1) is 0 Å². The van der Waals surface area contributed by atoms with Gasteiger partial charge in [0.1, 0.15) is 12.2 Å². The van der Waals surface area contributed by atoms with Gasteiger partial charge in [-0.2, -0.15) is 12.6 Å². The number of aliphatic hydroxyl groups excluding tert-OH is 2. The molecule has 10 heteroatoms. The van der Waals surface area contributed by atoms with Gasteiger partial charge in [-0.05, 0) is 0 Å². The molecule has 2 saturated heterocycles. The first-order valence-electron chi connectivity index (χ1n) is 3.81. The molecule has 0 aromatic carbocycles. The van der Waals surface area contributed by atoms with Crippen molar-refractivity contribution < 1.29 is 37.8 Å². The van der Waals surface area contributed by atoms with Crippen molar-refractivity contribution in [2.45, 2.75) is 23.1 Å². The molecule has 15 heavy (non-hydrogen) atoms. The van der Waals surface area contributed by atoms with Crippen LogP contribution < -0.4 is 0 Å². The normalized spacial score (nSPS) is 53.9. The van der Waals surface area contributed by atoms with Crippen molar-refractivity contribution in [2.75, 3.05) is 6.61 Å². The average Bonchev–Trinajstić information content (AvgIpc) is 2.27. The predicted octanol–water partition coefficient (Wildman–Crippen LogP) is -2.92. The third kappa shape index (κ3) is 1.49. The molecule has 0 bridgehead atoms. The second-order valence-corrected chi connectivity index (χ2v) is 6.67. The van der Waals surface area contributed by atoms with Crippen LogP contribution in [0.2, 0.25) is 0 Å². The fourth-order valence-electron chi connectivity index (χ4n) is 1.34. The molecule has 0 aromatic heterocycles. The van der Waals surface area contributed by atoms with Gasteiger partial charge in [0.15, 0.2) is 0 Å². The van der Waals surface area contributed by atoms with Gasteiger partial charge in [0.05, 0.1) is 6.61 Å². The van der Waals surface area contributed by atoms with Gasteiger partial charge >= 0.3 is 15.1 Å². The number of ether oxygens (including phenoxy) is 1. The zero-order valence-corrected chi connectivity index (χ0v) is 8.73. The lowest BCUT2D eigenvalue weighted by Gasteiger charge is -2.41. The Balaban J connectivity index is 2.46. The highest BCUT2D eigenvalue weighted by Crippen LogP contribution is 2.52. The van der Waals surface area contributed by atoms with E-state index >= 15 is 0 Å². The molecule has 1 unspecified atom stereocenters. The van der Waals surface area contributed by atoms with Crippen LogP contribution in [0.15, 0.2) is 0 Å². The van der Waals surface area contributed by atoms with Gasteiger partial charge in [0.2, 0.25) is 4.93 Å². The number of hydrogen-bond donors (Lipinski definition) is 4. The Morgan fingerprint density at radius 3 is 2.53 bits per heavy atom. The van der Waals surface area contributed by atoms with Gasteiger partial charge < -0.3 is 25.2 Å². The largest absolute Gasteiger partial charge is 0.388 e. The number of fused-ring (bicyclic) bond motifs is 1. The highest BCUT2D eigenvalue weighted by molar-refractivity contribution is 8.71. The zero-order chi connectivity index (χ0) is 11.5. The lowest BCUT2D eigenvalue weighted by atomic mass is 10.0. The Kier molecular flexibility index (Phi) is 2.34.